The van der Waals surface area contributed by atoms with Crippen LogP contribution in [-0.4, -0.2) is 44.8 Å². The molecule has 1 atom stereocenters. The van der Waals surface area contributed by atoms with E-state index in [1.165, 1.54) is 5.56 Å². The number of nitrogens with one attached hydrogen (secondary N) is 1. The number of ether oxygens (including phenoxy) is 1. The van der Waals surface area contributed by atoms with Gasteiger partial charge in [0.2, 0.25) is 0 Å². The van der Waals surface area contributed by atoms with Gasteiger partial charge in [0.25, 0.3) is 0 Å². The van der Waals surface area contributed by atoms with E-state index in [9.17, 15) is 9.90 Å². The van der Waals surface area contributed by atoms with Crippen LogP contribution < -0.4 is 5.32 Å². The quantitative estimate of drug-likeness (QED) is 0.298. The normalized spacial score (nSPS) is 15.7. The number of benzene rings is 2. The number of aliphatic hydroxyl groups excluding tert-OH is 1. The highest BCUT2D eigenvalue weighted by Gasteiger charge is 2.19. The monoisotopic (exact) mass is 518 g/mol. The van der Waals surface area contributed by atoms with E-state index in [-0.39, 0.29) is 12.2 Å². The van der Waals surface area contributed by atoms with Crippen LogP contribution >= 0.6 is 11.3 Å². The van der Waals surface area contributed by atoms with Crippen molar-refractivity contribution in [3.8, 4) is 10.6 Å². The minimum absolute atomic E-state index is 0.171. The van der Waals surface area contributed by atoms with Crippen LogP contribution in [0, 0.1) is 6.92 Å². The molecule has 0 bridgehead atoms. The van der Waals surface area contributed by atoms with Crippen LogP contribution in [0.25, 0.3) is 21.5 Å². The summed E-state index contributed by atoms with van der Waals surface area (Å²) in [5, 5.41) is 16.8. The van der Waals surface area contributed by atoms with Gasteiger partial charge in [-0.05, 0) is 57.4 Å². The third-order valence-corrected chi connectivity index (χ3v) is 7.97. The van der Waals surface area contributed by atoms with E-state index in [0.717, 1.165) is 77.4 Å². The summed E-state index contributed by atoms with van der Waals surface area (Å²) in [6, 6.07) is 14.3. The SMILES string of the molecule is CCn1cc(NC(=O)O[C@H](C)c2ccc(C)cc2)c2cc(-c3nc(CN4CCC(O)CC4)cs3)ccc21. The summed E-state index contributed by atoms with van der Waals surface area (Å²) < 4.78 is 7.80. The van der Waals surface area contributed by atoms with Gasteiger partial charge in [-0.3, -0.25) is 10.2 Å². The molecule has 8 heteroatoms. The second kappa shape index (κ2) is 11.0. The van der Waals surface area contributed by atoms with E-state index in [2.05, 4.69) is 45.3 Å². The number of thiazole rings is 1. The Balaban J connectivity index is 1.33. The number of carbonyl (C=O) groups excluding carboxylic acids is 1. The first-order chi connectivity index (χ1) is 17.9. The molecule has 0 aliphatic carbocycles. The molecule has 3 heterocycles. The van der Waals surface area contributed by atoms with Crippen molar-refractivity contribution >= 4 is 34.0 Å². The zero-order chi connectivity index (χ0) is 25.9. The molecule has 2 aromatic heterocycles. The Bertz CT molecular complexity index is 1370. The Morgan fingerprint density at radius 2 is 1.97 bits per heavy atom. The molecule has 194 valence electrons. The summed E-state index contributed by atoms with van der Waals surface area (Å²) in [6.45, 7) is 9.39. The first-order valence-electron chi connectivity index (χ1n) is 12.9. The number of carbonyl (C=O) groups is 1. The van der Waals surface area contributed by atoms with Crippen molar-refractivity contribution in [2.45, 2.75) is 58.9 Å². The first-order valence-corrected chi connectivity index (χ1v) is 13.8. The lowest BCUT2D eigenvalue weighted by molar-refractivity contribution is 0.0787. The van der Waals surface area contributed by atoms with Crippen LogP contribution in [0.2, 0.25) is 0 Å². The third kappa shape index (κ3) is 5.87. The minimum atomic E-state index is -0.475. The molecular formula is C29H34N4O3S. The van der Waals surface area contributed by atoms with Gasteiger partial charge in [0.15, 0.2) is 0 Å². The molecule has 2 N–H and O–H groups in total. The molecule has 0 unspecified atom stereocenters. The van der Waals surface area contributed by atoms with Crippen molar-refractivity contribution in [2.75, 3.05) is 18.4 Å². The maximum atomic E-state index is 12.8. The predicted molar refractivity (Wildman–Crippen MR) is 149 cm³/mol. The molecule has 5 rings (SSSR count). The van der Waals surface area contributed by atoms with Gasteiger partial charge in [-0.25, -0.2) is 9.78 Å². The molecule has 1 aliphatic rings. The van der Waals surface area contributed by atoms with Gasteiger partial charge in [0, 0.05) is 48.7 Å². The zero-order valence-electron chi connectivity index (χ0n) is 21.6. The van der Waals surface area contributed by atoms with Gasteiger partial charge in [-0.2, -0.15) is 0 Å². The Labute approximate surface area is 221 Å². The van der Waals surface area contributed by atoms with Crippen molar-refractivity contribution in [2.24, 2.45) is 0 Å². The van der Waals surface area contributed by atoms with Gasteiger partial charge in [0.1, 0.15) is 11.1 Å². The van der Waals surface area contributed by atoms with Gasteiger partial charge >= 0.3 is 6.09 Å². The molecular weight excluding hydrogens is 484 g/mol. The van der Waals surface area contributed by atoms with E-state index in [4.69, 9.17) is 9.72 Å². The van der Waals surface area contributed by atoms with Crippen molar-refractivity contribution < 1.29 is 14.6 Å². The van der Waals surface area contributed by atoms with E-state index < -0.39 is 6.09 Å². The number of anilines is 1. The maximum Gasteiger partial charge on any atom is 0.412 e. The van der Waals surface area contributed by atoms with Crippen LogP contribution in [0.3, 0.4) is 0 Å². The average molecular weight is 519 g/mol. The zero-order valence-corrected chi connectivity index (χ0v) is 22.4. The number of amides is 1. The van der Waals surface area contributed by atoms with Crippen LogP contribution in [0.1, 0.15) is 49.6 Å². The van der Waals surface area contributed by atoms with Gasteiger partial charge < -0.3 is 14.4 Å². The molecule has 2 aromatic carbocycles. The highest BCUT2D eigenvalue weighted by molar-refractivity contribution is 7.13. The molecule has 1 aliphatic heterocycles. The number of fused-ring (bicyclic) bond motifs is 1. The molecule has 0 saturated carbocycles. The molecule has 1 amide bonds. The summed E-state index contributed by atoms with van der Waals surface area (Å²) in [6.07, 6.45) is 2.61. The van der Waals surface area contributed by atoms with Crippen LogP contribution in [0.5, 0.6) is 0 Å². The van der Waals surface area contributed by atoms with Crippen LogP contribution in [0.4, 0.5) is 10.5 Å². The molecule has 0 radical (unpaired) electrons. The molecule has 1 fully saturated rings. The van der Waals surface area contributed by atoms with E-state index in [1.807, 2.05) is 44.3 Å². The lowest BCUT2D eigenvalue weighted by Crippen LogP contribution is -2.35. The fraction of sp³-hybridized carbons (Fsp3) is 0.379. The van der Waals surface area contributed by atoms with Gasteiger partial charge in [-0.15, -0.1) is 11.3 Å². The van der Waals surface area contributed by atoms with Gasteiger partial charge in [0.05, 0.1) is 23.0 Å². The van der Waals surface area contributed by atoms with Crippen LogP contribution in [0.15, 0.2) is 54.0 Å². The predicted octanol–water partition coefficient (Wildman–Crippen LogP) is 6.36. The second-order valence-corrected chi connectivity index (χ2v) is 10.7. The topological polar surface area (TPSA) is 79.6 Å². The fourth-order valence-corrected chi connectivity index (χ4v) is 5.62. The summed E-state index contributed by atoms with van der Waals surface area (Å²) >= 11 is 1.63. The van der Waals surface area contributed by atoms with Crippen molar-refractivity contribution in [3.63, 3.8) is 0 Å². The Kier molecular flexibility index (Phi) is 7.60. The van der Waals surface area contributed by atoms with E-state index in [1.54, 1.807) is 11.3 Å². The van der Waals surface area contributed by atoms with Crippen molar-refractivity contribution in [1.29, 1.82) is 0 Å². The third-order valence-electron chi connectivity index (χ3n) is 7.03. The van der Waals surface area contributed by atoms with Crippen LogP contribution in [-0.2, 0) is 17.8 Å². The summed E-state index contributed by atoms with van der Waals surface area (Å²) in [4.78, 5) is 20.0. The number of nitrogens with zero attached hydrogens (tertiary/aromatic N) is 3. The Hall–Kier alpha value is -3.20. The Morgan fingerprint density at radius 3 is 2.70 bits per heavy atom. The van der Waals surface area contributed by atoms with Crippen molar-refractivity contribution in [3.05, 3.63) is 70.9 Å². The number of rotatable bonds is 7. The number of hydrogen-bond acceptors (Lipinski definition) is 6. The lowest BCUT2D eigenvalue weighted by Gasteiger charge is -2.28. The Morgan fingerprint density at radius 1 is 1.22 bits per heavy atom. The summed E-state index contributed by atoms with van der Waals surface area (Å²) in [5.74, 6) is 0. The summed E-state index contributed by atoms with van der Waals surface area (Å²) in [7, 11) is 0. The van der Waals surface area contributed by atoms with E-state index >= 15 is 0 Å². The smallest absolute Gasteiger partial charge is 0.412 e. The van der Waals surface area contributed by atoms with E-state index in [0.29, 0.717) is 0 Å². The number of likely N-dealkylation sites (tertiary alicyclic amines) is 1. The highest BCUT2D eigenvalue weighted by Crippen LogP contribution is 2.33. The molecule has 1 saturated heterocycles. The first kappa shape index (κ1) is 25.4. The highest BCUT2D eigenvalue weighted by atomic mass is 32.1. The standard InChI is InChI=1S/C29H34N4O3S/c1-4-33-17-26(31-29(35)36-20(3)21-7-5-19(2)6-8-21)25-15-22(9-10-27(25)33)28-30-23(18-37-28)16-32-13-11-24(34)12-14-32/h5-10,15,17-18,20,24,34H,4,11-14,16H2,1-3H3,(H,31,35)/t20-/m1/s1. The average Bonchev–Trinajstić information content (AvgIpc) is 3.50. The lowest BCUT2D eigenvalue weighted by atomic mass is 10.1. The summed E-state index contributed by atoms with van der Waals surface area (Å²) in [5.41, 5.74) is 5.98. The van der Waals surface area contributed by atoms with Gasteiger partial charge in [-0.1, -0.05) is 29.8 Å². The molecule has 0 spiro atoms. The molecule has 37 heavy (non-hydrogen) atoms. The largest absolute Gasteiger partial charge is 0.441 e. The second-order valence-electron chi connectivity index (χ2n) is 9.80. The minimum Gasteiger partial charge on any atom is -0.441 e. The number of aryl methyl sites for hydroxylation is 2. The number of aromatic nitrogens is 2. The maximum absolute atomic E-state index is 12.8. The molecule has 4 aromatic rings. The number of hydrogen-bond donors (Lipinski definition) is 2. The van der Waals surface area contributed by atoms with Crippen molar-refractivity contribution in [1.82, 2.24) is 14.5 Å². The molecule has 7 nitrogen and oxygen atoms in total. The number of aliphatic hydroxyl groups is 1. The number of piperidine rings is 1. The fourth-order valence-electron chi connectivity index (χ4n) is 4.82.